The van der Waals surface area contributed by atoms with Gasteiger partial charge >= 0.3 is 21.3 Å². The highest BCUT2D eigenvalue weighted by molar-refractivity contribution is 7.61. The van der Waals surface area contributed by atoms with Crippen molar-refractivity contribution < 1.29 is 47.2 Å². The third kappa shape index (κ3) is 7.97. The molecule has 6 atom stereocenters. The molecule has 1 fully saturated rings. The van der Waals surface area contributed by atoms with Crippen LogP contribution in [0.2, 0.25) is 0 Å². The summed E-state index contributed by atoms with van der Waals surface area (Å²) in [5.41, 5.74) is 3.73. The van der Waals surface area contributed by atoms with E-state index in [1.807, 2.05) is 4.98 Å². The van der Waals surface area contributed by atoms with Gasteiger partial charge in [-0.2, -0.15) is 4.31 Å². The summed E-state index contributed by atoms with van der Waals surface area (Å²) in [7, 11) is -10.1. The van der Waals surface area contributed by atoms with Crippen LogP contribution in [0.25, 0.3) is 0 Å². The van der Waals surface area contributed by atoms with Gasteiger partial charge in [0.25, 0.3) is 5.56 Å². The molecule has 2 heterocycles. The number of aliphatic hydroxyl groups excluding tert-OH is 2. The Morgan fingerprint density at radius 1 is 1.06 bits per heavy atom. The van der Waals surface area contributed by atoms with Gasteiger partial charge in [-0.1, -0.05) is 12.8 Å². The molecule has 7 N–H and O–H groups in total. The molecule has 1 saturated heterocycles. The smallest absolute Gasteiger partial charge is 0.387 e. The molecule has 0 amide bonds. The van der Waals surface area contributed by atoms with Gasteiger partial charge in [0.05, 0.1) is 13.2 Å². The van der Waals surface area contributed by atoms with E-state index < -0.39 is 58.0 Å². The van der Waals surface area contributed by atoms with E-state index in [9.17, 15) is 38.7 Å². The standard InChI is InChI=1S/C15H27N3O12P2/c16-6-3-1-2-4-8-27-31(23,24)30-32(25,26)28-9-10-12(20)13(21)14(29-10)18-7-5-11(19)17-15(18)22/h5,7,10,12-14,20-21H,1-4,6,8-9,16H2,(H,23,24)(H,25,26)(H,17,19,22)/t10-,12-,13+,14+/m0/s1. The van der Waals surface area contributed by atoms with Gasteiger partial charge in [-0.05, 0) is 19.4 Å². The van der Waals surface area contributed by atoms with Crippen LogP contribution in [-0.4, -0.2) is 67.6 Å². The highest BCUT2D eigenvalue weighted by Crippen LogP contribution is 2.60. The Labute approximate surface area is 181 Å². The van der Waals surface area contributed by atoms with E-state index in [0.717, 1.165) is 29.7 Å². The molecule has 17 heteroatoms. The van der Waals surface area contributed by atoms with E-state index in [1.165, 1.54) is 0 Å². The maximum atomic E-state index is 12.0. The molecule has 0 bridgehead atoms. The molecule has 0 aromatic carbocycles. The number of unbranched alkanes of at least 4 members (excludes halogenated alkanes) is 3. The van der Waals surface area contributed by atoms with Gasteiger partial charge in [0.2, 0.25) is 0 Å². The quantitative estimate of drug-likeness (QED) is 0.139. The fourth-order valence-corrected chi connectivity index (χ4v) is 4.96. The minimum absolute atomic E-state index is 0.204. The lowest BCUT2D eigenvalue weighted by Crippen LogP contribution is -2.37. The van der Waals surface area contributed by atoms with Crippen LogP contribution in [0.1, 0.15) is 31.9 Å². The summed E-state index contributed by atoms with van der Waals surface area (Å²) in [6.45, 7) is -0.531. The Bertz CT molecular complexity index is 952. The summed E-state index contributed by atoms with van der Waals surface area (Å²) in [6, 6.07) is 0.987. The van der Waals surface area contributed by atoms with Crippen LogP contribution in [0, 0.1) is 0 Å². The molecule has 0 spiro atoms. The van der Waals surface area contributed by atoms with Gasteiger partial charge in [0, 0.05) is 12.3 Å². The normalized spacial score (nSPS) is 27.2. The van der Waals surface area contributed by atoms with Crippen LogP contribution >= 0.6 is 15.6 Å². The number of ether oxygens (including phenoxy) is 1. The van der Waals surface area contributed by atoms with Crippen molar-refractivity contribution in [1.29, 1.82) is 0 Å². The molecule has 0 aliphatic carbocycles. The summed E-state index contributed by atoms with van der Waals surface area (Å²) in [6.07, 6.45) is -2.50. The van der Waals surface area contributed by atoms with Crippen LogP contribution in [0.15, 0.2) is 21.9 Å². The molecule has 0 saturated carbocycles. The predicted octanol–water partition coefficient (Wildman–Crippen LogP) is -1.07. The molecule has 1 aliphatic heterocycles. The molecule has 15 nitrogen and oxygen atoms in total. The monoisotopic (exact) mass is 503 g/mol. The number of H-pyrrole nitrogens is 1. The Hall–Kier alpha value is -1.22. The van der Waals surface area contributed by atoms with Crippen molar-refractivity contribution in [2.75, 3.05) is 19.8 Å². The van der Waals surface area contributed by atoms with Crippen LogP contribution < -0.4 is 17.0 Å². The number of nitrogens with one attached hydrogen (secondary N) is 1. The van der Waals surface area contributed by atoms with Gasteiger partial charge < -0.3 is 30.5 Å². The molecular weight excluding hydrogens is 476 g/mol. The topological polar surface area (TPSA) is 233 Å². The van der Waals surface area contributed by atoms with Crippen molar-refractivity contribution in [2.24, 2.45) is 5.73 Å². The zero-order valence-electron chi connectivity index (χ0n) is 16.9. The van der Waals surface area contributed by atoms with Gasteiger partial charge in [0.15, 0.2) is 6.23 Å². The lowest BCUT2D eigenvalue weighted by Gasteiger charge is -2.19. The molecule has 0 radical (unpaired) electrons. The number of rotatable bonds is 13. The molecule has 1 aromatic rings. The summed E-state index contributed by atoms with van der Waals surface area (Å²) in [5.74, 6) is 0. The summed E-state index contributed by atoms with van der Waals surface area (Å²) in [5, 5.41) is 20.2. The van der Waals surface area contributed by atoms with E-state index in [-0.39, 0.29) is 6.61 Å². The minimum atomic E-state index is -5.13. The maximum Gasteiger partial charge on any atom is 0.481 e. The number of aromatic amines is 1. The SMILES string of the molecule is NCCCCCCOP(=O)(O)OP(=O)(O)OC[C@@H]1O[C@@H](n2ccc(=O)[nH]c2=O)[C@H](O)[C@H]1O. The van der Waals surface area contributed by atoms with E-state index in [4.69, 9.17) is 10.5 Å². The number of nitrogens with two attached hydrogens (primary N) is 1. The van der Waals surface area contributed by atoms with Crippen molar-refractivity contribution >= 4 is 15.6 Å². The fourth-order valence-electron chi connectivity index (χ4n) is 2.85. The molecule has 32 heavy (non-hydrogen) atoms. The Morgan fingerprint density at radius 3 is 2.38 bits per heavy atom. The van der Waals surface area contributed by atoms with Crippen LogP contribution in [-0.2, 0) is 27.2 Å². The van der Waals surface area contributed by atoms with Crippen LogP contribution in [0.4, 0.5) is 0 Å². The van der Waals surface area contributed by atoms with Crippen molar-refractivity contribution in [3.63, 3.8) is 0 Å². The number of nitrogens with zero attached hydrogens (tertiary/aromatic N) is 1. The zero-order valence-corrected chi connectivity index (χ0v) is 18.7. The number of hydrogen-bond acceptors (Lipinski definition) is 11. The summed E-state index contributed by atoms with van der Waals surface area (Å²) < 4.78 is 43.3. The Morgan fingerprint density at radius 2 is 1.72 bits per heavy atom. The first-order chi connectivity index (χ1) is 15.0. The Kier molecular flexibility index (Phi) is 9.94. The maximum absolute atomic E-state index is 12.0. The molecule has 2 rings (SSSR count). The van der Waals surface area contributed by atoms with Crippen LogP contribution in [0.5, 0.6) is 0 Å². The summed E-state index contributed by atoms with van der Waals surface area (Å²) in [4.78, 5) is 44.2. The first kappa shape index (κ1) is 27.0. The van der Waals surface area contributed by atoms with Crippen molar-refractivity contribution in [3.05, 3.63) is 33.1 Å². The van der Waals surface area contributed by atoms with Crippen LogP contribution in [0.3, 0.4) is 0 Å². The highest BCUT2D eigenvalue weighted by atomic mass is 31.3. The van der Waals surface area contributed by atoms with Gasteiger partial charge in [0.1, 0.15) is 18.3 Å². The third-order valence-corrected chi connectivity index (χ3v) is 7.06. The number of aromatic nitrogens is 2. The van der Waals surface area contributed by atoms with Gasteiger partial charge in [-0.25, -0.2) is 13.9 Å². The molecule has 2 unspecified atom stereocenters. The van der Waals surface area contributed by atoms with Gasteiger partial charge in [-0.15, -0.1) is 0 Å². The second-order valence-electron chi connectivity index (χ2n) is 6.91. The second-order valence-corrected chi connectivity index (χ2v) is 9.96. The largest absolute Gasteiger partial charge is 0.481 e. The number of aliphatic hydroxyl groups is 2. The lowest BCUT2D eigenvalue weighted by molar-refractivity contribution is -0.0543. The van der Waals surface area contributed by atoms with Crippen molar-refractivity contribution in [1.82, 2.24) is 9.55 Å². The summed E-state index contributed by atoms with van der Waals surface area (Å²) >= 11 is 0. The van der Waals surface area contributed by atoms with E-state index in [2.05, 4.69) is 13.4 Å². The highest BCUT2D eigenvalue weighted by Gasteiger charge is 2.46. The predicted molar refractivity (Wildman–Crippen MR) is 107 cm³/mol. The van der Waals surface area contributed by atoms with Gasteiger partial charge in [-0.3, -0.25) is 23.4 Å². The molecular formula is C15H27N3O12P2. The van der Waals surface area contributed by atoms with E-state index in [1.54, 1.807) is 0 Å². The average Bonchev–Trinajstić information content (AvgIpc) is 2.97. The minimum Gasteiger partial charge on any atom is -0.387 e. The molecule has 184 valence electrons. The van der Waals surface area contributed by atoms with Crippen molar-refractivity contribution in [2.45, 2.75) is 50.2 Å². The van der Waals surface area contributed by atoms with Crippen molar-refractivity contribution in [3.8, 4) is 0 Å². The molecule has 1 aromatic heterocycles. The fraction of sp³-hybridized carbons (Fsp3) is 0.733. The Balaban J connectivity index is 1.88. The zero-order chi connectivity index (χ0) is 23.9. The first-order valence-electron chi connectivity index (χ1n) is 9.65. The number of phosphoric acid groups is 2. The molecule has 1 aliphatic rings. The average molecular weight is 503 g/mol. The van der Waals surface area contributed by atoms with E-state index >= 15 is 0 Å². The number of hydrogen-bond donors (Lipinski definition) is 6. The first-order valence-corrected chi connectivity index (χ1v) is 12.6. The number of phosphoric ester groups is 2. The van der Waals surface area contributed by atoms with E-state index in [0.29, 0.717) is 19.4 Å². The third-order valence-electron chi connectivity index (χ3n) is 4.42. The lowest BCUT2D eigenvalue weighted by atomic mass is 10.1. The second kappa shape index (κ2) is 11.8.